The molecule has 2 rings (SSSR count). The third-order valence-corrected chi connectivity index (χ3v) is 3.45. The van der Waals surface area contributed by atoms with Crippen LogP contribution in [0.15, 0.2) is 6.07 Å². The first kappa shape index (κ1) is 13.3. The Hall–Kier alpha value is -1.14. The molecule has 0 saturated carbocycles. The number of hydrogen-bond acceptors (Lipinski definition) is 2. The molecule has 100 valence electrons. The molecule has 1 fully saturated rings. The fourth-order valence-electron chi connectivity index (χ4n) is 2.50. The average molecular weight is 262 g/mol. The lowest BCUT2D eigenvalue weighted by Crippen LogP contribution is -2.22. The van der Waals surface area contributed by atoms with Gasteiger partial charge >= 0.3 is 0 Å². The molecule has 1 aromatic carbocycles. The van der Waals surface area contributed by atoms with Crippen molar-refractivity contribution in [3.63, 3.8) is 0 Å². The Morgan fingerprint density at radius 3 is 2.22 bits per heavy atom. The van der Waals surface area contributed by atoms with Crippen molar-refractivity contribution >= 4 is 0 Å². The van der Waals surface area contributed by atoms with E-state index in [9.17, 15) is 17.6 Å². The minimum atomic E-state index is -1.37. The molecule has 2 nitrogen and oxygen atoms in total. The van der Waals surface area contributed by atoms with Gasteiger partial charge in [0.2, 0.25) is 0 Å². The number of nitrogens with two attached hydrogens (primary N) is 1. The summed E-state index contributed by atoms with van der Waals surface area (Å²) in [5, 5.41) is 0. The predicted octanol–water partition coefficient (Wildman–Crippen LogP) is 2.19. The quantitative estimate of drug-likeness (QED) is 0.654. The summed E-state index contributed by atoms with van der Waals surface area (Å²) in [5.74, 6) is -5.29. The summed E-state index contributed by atoms with van der Waals surface area (Å²) in [6.45, 7) is 0.931. The molecule has 0 amide bonds. The molecular weight excluding hydrogens is 248 g/mol. The van der Waals surface area contributed by atoms with Crippen LogP contribution in [-0.4, -0.2) is 25.0 Å². The Morgan fingerprint density at radius 1 is 1.22 bits per heavy atom. The fourth-order valence-corrected chi connectivity index (χ4v) is 2.50. The number of hydrogen-bond donors (Lipinski definition) is 1. The minimum Gasteiger partial charge on any atom is -0.330 e. The molecule has 2 unspecified atom stereocenters. The number of likely N-dealkylation sites (tertiary alicyclic amines) is 1. The fraction of sp³-hybridized carbons (Fsp3) is 0.500. The maximum absolute atomic E-state index is 13.7. The zero-order valence-corrected chi connectivity index (χ0v) is 9.89. The highest BCUT2D eigenvalue weighted by Crippen LogP contribution is 2.37. The van der Waals surface area contributed by atoms with Crippen LogP contribution in [0, 0.1) is 29.2 Å². The Labute approximate surface area is 102 Å². The van der Waals surface area contributed by atoms with Crippen molar-refractivity contribution in [2.75, 3.05) is 20.1 Å². The predicted molar refractivity (Wildman–Crippen MR) is 58.8 cm³/mol. The number of nitrogens with zero attached hydrogens (tertiary/aromatic N) is 1. The van der Waals surface area contributed by atoms with E-state index in [1.165, 1.54) is 0 Å². The van der Waals surface area contributed by atoms with Crippen LogP contribution in [0.1, 0.15) is 18.0 Å². The van der Waals surface area contributed by atoms with Gasteiger partial charge in [-0.2, -0.15) is 0 Å². The summed E-state index contributed by atoms with van der Waals surface area (Å²) in [4.78, 5) is 1.66. The largest absolute Gasteiger partial charge is 0.330 e. The van der Waals surface area contributed by atoms with Gasteiger partial charge in [0.15, 0.2) is 23.3 Å². The van der Waals surface area contributed by atoms with E-state index >= 15 is 0 Å². The molecule has 0 spiro atoms. The molecular formula is C12H14F4N2. The molecule has 18 heavy (non-hydrogen) atoms. The Balaban J connectivity index is 2.45. The van der Waals surface area contributed by atoms with Crippen LogP contribution in [0.25, 0.3) is 0 Å². The van der Waals surface area contributed by atoms with Gasteiger partial charge in [0.05, 0.1) is 0 Å². The van der Waals surface area contributed by atoms with Gasteiger partial charge in [-0.05, 0) is 25.9 Å². The van der Waals surface area contributed by atoms with Crippen LogP contribution in [-0.2, 0) is 0 Å². The lowest BCUT2D eigenvalue weighted by atomic mass is 9.98. The molecule has 0 aromatic heterocycles. The molecule has 0 bridgehead atoms. The number of rotatable bonds is 2. The van der Waals surface area contributed by atoms with Crippen LogP contribution in [0.5, 0.6) is 0 Å². The van der Waals surface area contributed by atoms with Gasteiger partial charge in [0.25, 0.3) is 0 Å². The van der Waals surface area contributed by atoms with Gasteiger partial charge in [-0.25, -0.2) is 17.6 Å². The van der Waals surface area contributed by atoms with Crippen molar-refractivity contribution in [3.05, 3.63) is 34.9 Å². The zero-order valence-electron chi connectivity index (χ0n) is 9.89. The third kappa shape index (κ3) is 2.10. The van der Waals surface area contributed by atoms with Crippen molar-refractivity contribution in [2.45, 2.75) is 12.5 Å². The van der Waals surface area contributed by atoms with E-state index in [1.807, 2.05) is 0 Å². The summed E-state index contributed by atoms with van der Waals surface area (Å²) in [5.41, 5.74) is 4.97. The normalized spacial score (nSPS) is 24.8. The van der Waals surface area contributed by atoms with E-state index in [-0.39, 0.29) is 12.0 Å². The van der Waals surface area contributed by atoms with Crippen molar-refractivity contribution in [2.24, 2.45) is 11.7 Å². The van der Waals surface area contributed by atoms with Crippen molar-refractivity contribution < 1.29 is 17.6 Å². The van der Waals surface area contributed by atoms with E-state index in [2.05, 4.69) is 0 Å². The van der Waals surface area contributed by atoms with E-state index in [0.717, 1.165) is 0 Å². The molecule has 1 saturated heterocycles. The second kappa shape index (κ2) is 4.85. The van der Waals surface area contributed by atoms with Crippen LogP contribution < -0.4 is 5.73 Å². The lowest BCUT2D eigenvalue weighted by Gasteiger charge is -2.21. The highest BCUT2D eigenvalue weighted by molar-refractivity contribution is 5.27. The van der Waals surface area contributed by atoms with E-state index in [4.69, 9.17) is 5.73 Å². The van der Waals surface area contributed by atoms with E-state index < -0.39 is 34.9 Å². The first-order valence-corrected chi connectivity index (χ1v) is 5.68. The van der Waals surface area contributed by atoms with Gasteiger partial charge in [-0.3, -0.25) is 4.90 Å². The number of halogens is 4. The molecule has 0 aliphatic carbocycles. The number of benzene rings is 1. The maximum Gasteiger partial charge on any atom is 0.166 e. The Kier molecular flexibility index (Phi) is 3.59. The standard InChI is InChI=1S/C12H14F4N2/c1-18-5-6(4-17)2-9(18)10-11(15)7(13)3-8(14)12(10)16/h3,6,9H,2,4-5,17H2,1H3. The van der Waals surface area contributed by atoms with Gasteiger partial charge in [-0.1, -0.05) is 0 Å². The molecule has 2 atom stereocenters. The lowest BCUT2D eigenvalue weighted by molar-refractivity contribution is 0.291. The summed E-state index contributed by atoms with van der Waals surface area (Å²) in [6.07, 6.45) is 0.393. The van der Waals surface area contributed by atoms with Gasteiger partial charge < -0.3 is 5.73 Å². The molecule has 2 N–H and O–H groups in total. The molecule has 0 radical (unpaired) electrons. The smallest absolute Gasteiger partial charge is 0.166 e. The van der Waals surface area contributed by atoms with Crippen molar-refractivity contribution in [1.29, 1.82) is 0 Å². The summed E-state index contributed by atoms with van der Waals surface area (Å²) in [7, 11) is 1.65. The second-order valence-electron chi connectivity index (χ2n) is 4.67. The summed E-state index contributed by atoms with van der Waals surface area (Å²) >= 11 is 0. The second-order valence-corrected chi connectivity index (χ2v) is 4.67. The van der Waals surface area contributed by atoms with Crippen LogP contribution in [0.2, 0.25) is 0 Å². The molecule has 6 heteroatoms. The molecule has 1 aliphatic rings. The van der Waals surface area contributed by atoms with Gasteiger partial charge in [-0.15, -0.1) is 0 Å². The summed E-state index contributed by atoms with van der Waals surface area (Å²) < 4.78 is 53.6. The Bertz CT molecular complexity index is 438. The highest BCUT2D eigenvalue weighted by atomic mass is 19.2. The molecule has 1 heterocycles. The van der Waals surface area contributed by atoms with Crippen molar-refractivity contribution in [1.82, 2.24) is 4.90 Å². The first-order chi connectivity index (χ1) is 8.45. The highest BCUT2D eigenvalue weighted by Gasteiger charge is 2.35. The van der Waals surface area contributed by atoms with E-state index in [0.29, 0.717) is 19.5 Å². The molecule has 1 aliphatic heterocycles. The average Bonchev–Trinajstić information content (AvgIpc) is 2.69. The summed E-state index contributed by atoms with van der Waals surface area (Å²) in [6, 6.07) is -0.451. The van der Waals surface area contributed by atoms with Crippen LogP contribution >= 0.6 is 0 Å². The SMILES string of the molecule is CN1CC(CN)CC1c1c(F)c(F)cc(F)c1F. The van der Waals surface area contributed by atoms with Crippen LogP contribution in [0.3, 0.4) is 0 Å². The zero-order chi connectivity index (χ0) is 13.4. The van der Waals surface area contributed by atoms with Gasteiger partial charge in [0, 0.05) is 24.2 Å². The topological polar surface area (TPSA) is 29.3 Å². The van der Waals surface area contributed by atoms with Crippen molar-refractivity contribution in [3.8, 4) is 0 Å². The van der Waals surface area contributed by atoms with E-state index in [1.54, 1.807) is 11.9 Å². The van der Waals surface area contributed by atoms with Crippen LogP contribution in [0.4, 0.5) is 17.6 Å². The third-order valence-electron chi connectivity index (χ3n) is 3.45. The molecule has 1 aromatic rings. The minimum absolute atomic E-state index is 0.0742. The van der Waals surface area contributed by atoms with Gasteiger partial charge in [0.1, 0.15) is 0 Å². The Morgan fingerprint density at radius 2 is 1.78 bits per heavy atom. The monoisotopic (exact) mass is 262 g/mol. The maximum atomic E-state index is 13.7. The first-order valence-electron chi connectivity index (χ1n) is 5.68.